The smallest absolute Gasteiger partial charge is 0.129 e. The van der Waals surface area contributed by atoms with Gasteiger partial charge in [0.25, 0.3) is 0 Å². The molecule has 0 saturated carbocycles. The zero-order chi connectivity index (χ0) is 11.5. The average Bonchev–Trinajstić information content (AvgIpc) is 2.29. The summed E-state index contributed by atoms with van der Waals surface area (Å²) < 4.78 is 14.4. The topological polar surface area (TPSA) is 26.0 Å². The van der Waals surface area contributed by atoms with E-state index in [1.807, 2.05) is 30.3 Å². The Morgan fingerprint density at radius 2 is 1.75 bits per heavy atom. The van der Waals surface area contributed by atoms with E-state index < -0.39 is 6.04 Å². The van der Waals surface area contributed by atoms with Gasteiger partial charge in [-0.1, -0.05) is 52.3 Å². The summed E-state index contributed by atoms with van der Waals surface area (Å²) >= 11 is 3.22. The molecular weight excluding hydrogens is 269 g/mol. The Balaban J connectivity index is 2.38. The van der Waals surface area contributed by atoms with Crippen LogP contribution in [0, 0.1) is 5.82 Å². The maximum Gasteiger partial charge on any atom is 0.129 e. The molecule has 2 aromatic rings. The van der Waals surface area contributed by atoms with Crippen LogP contribution in [0.1, 0.15) is 17.2 Å². The van der Waals surface area contributed by atoms with E-state index in [0.29, 0.717) is 10.0 Å². The Hall–Kier alpha value is -1.19. The second-order valence-corrected chi connectivity index (χ2v) is 4.47. The molecule has 0 amide bonds. The Labute approximate surface area is 102 Å². The van der Waals surface area contributed by atoms with Crippen LogP contribution in [0.15, 0.2) is 53.0 Å². The Morgan fingerprint density at radius 3 is 2.38 bits per heavy atom. The molecule has 0 aliphatic heterocycles. The van der Waals surface area contributed by atoms with Crippen molar-refractivity contribution in [3.63, 3.8) is 0 Å². The fraction of sp³-hybridized carbons (Fsp3) is 0.0769. The van der Waals surface area contributed by atoms with E-state index in [-0.39, 0.29) is 5.82 Å². The minimum Gasteiger partial charge on any atom is -0.320 e. The summed E-state index contributed by atoms with van der Waals surface area (Å²) in [6.45, 7) is 0. The van der Waals surface area contributed by atoms with Gasteiger partial charge in [0, 0.05) is 10.0 Å². The van der Waals surface area contributed by atoms with Crippen molar-refractivity contribution >= 4 is 15.9 Å². The molecule has 2 aromatic carbocycles. The van der Waals surface area contributed by atoms with E-state index >= 15 is 0 Å². The van der Waals surface area contributed by atoms with Gasteiger partial charge in [0.2, 0.25) is 0 Å². The predicted octanol–water partition coefficient (Wildman–Crippen LogP) is 3.64. The largest absolute Gasteiger partial charge is 0.320 e. The molecule has 16 heavy (non-hydrogen) atoms. The summed E-state index contributed by atoms with van der Waals surface area (Å²) in [4.78, 5) is 0. The molecule has 1 atom stereocenters. The minimum absolute atomic E-state index is 0.286. The van der Waals surface area contributed by atoms with Crippen LogP contribution in [0.25, 0.3) is 0 Å². The van der Waals surface area contributed by atoms with Gasteiger partial charge in [-0.25, -0.2) is 4.39 Å². The first-order chi connectivity index (χ1) is 7.68. The zero-order valence-corrected chi connectivity index (χ0v) is 10.1. The molecule has 0 saturated heterocycles. The van der Waals surface area contributed by atoms with Crippen molar-refractivity contribution in [3.8, 4) is 0 Å². The van der Waals surface area contributed by atoms with Crippen molar-refractivity contribution < 1.29 is 4.39 Å². The molecule has 0 fully saturated rings. The number of rotatable bonds is 2. The average molecular weight is 280 g/mol. The van der Waals surface area contributed by atoms with Gasteiger partial charge in [0.1, 0.15) is 5.82 Å². The fourth-order valence-electron chi connectivity index (χ4n) is 1.59. The summed E-state index contributed by atoms with van der Waals surface area (Å²) in [7, 11) is 0. The zero-order valence-electron chi connectivity index (χ0n) is 8.53. The minimum atomic E-state index is -0.422. The quantitative estimate of drug-likeness (QED) is 0.893. The molecule has 0 aliphatic carbocycles. The van der Waals surface area contributed by atoms with Crippen LogP contribution < -0.4 is 5.73 Å². The molecule has 0 bridgehead atoms. The highest BCUT2D eigenvalue weighted by atomic mass is 79.9. The maximum absolute atomic E-state index is 13.7. The van der Waals surface area contributed by atoms with E-state index in [2.05, 4.69) is 15.9 Å². The van der Waals surface area contributed by atoms with Crippen molar-refractivity contribution in [2.75, 3.05) is 0 Å². The van der Waals surface area contributed by atoms with Gasteiger partial charge in [-0.05, 0) is 17.7 Å². The molecule has 0 spiro atoms. The van der Waals surface area contributed by atoms with E-state index in [4.69, 9.17) is 5.73 Å². The molecule has 82 valence electrons. The van der Waals surface area contributed by atoms with E-state index in [9.17, 15) is 4.39 Å². The highest BCUT2D eigenvalue weighted by molar-refractivity contribution is 9.10. The van der Waals surface area contributed by atoms with Gasteiger partial charge in [-0.15, -0.1) is 0 Å². The third-order valence-electron chi connectivity index (χ3n) is 2.46. The normalized spacial score (nSPS) is 12.4. The Morgan fingerprint density at radius 1 is 1.06 bits per heavy atom. The first-order valence-corrected chi connectivity index (χ1v) is 5.73. The van der Waals surface area contributed by atoms with Crippen LogP contribution in [-0.2, 0) is 0 Å². The monoisotopic (exact) mass is 279 g/mol. The van der Waals surface area contributed by atoms with Gasteiger partial charge in [-0.3, -0.25) is 0 Å². The highest BCUT2D eigenvalue weighted by Crippen LogP contribution is 2.24. The lowest BCUT2D eigenvalue weighted by molar-refractivity contribution is 0.599. The maximum atomic E-state index is 13.7. The van der Waals surface area contributed by atoms with Crippen LogP contribution >= 0.6 is 15.9 Å². The third kappa shape index (κ3) is 2.31. The van der Waals surface area contributed by atoms with Crippen molar-refractivity contribution in [2.45, 2.75) is 6.04 Å². The molecule has 3 heteroatoms. The van der Waals surface area contributed by atoms with Gasteiger partial charge < -0.3 is 5.73 Å². The lowest BCUT2D eigenvalue weighted by Crippen LogP contribution is -2.13. The Bertz CT molecular complexity index is 485. The summed E-state index contributed by atoms with van der Waals surface area (Å²) in [5.74, 6) is -0.286. The van der Waals surface area contributed by atoms with Gasteiger partial charge in [0.15, 0.2) is 0 Å². The molecule has 2 N–H and O–H groups in total. The van der Waals surface area contributed by atoms with Crippen LogP contribution in [0.2, 0.25) is 0 Å². The van der Waals surface area contributed by atoms with Crippen molar-refractivity contribution in [1.82, 2.24) is 0 Å². The van der Waals surface area contributed by atoms with Gasteiger partial charge >= 0.3 is 0 Å². The van der Waals surface area contributed by atoms with E-state index in [1.165, 1.54) is 6.07 Å². The lowest BCUT2D eigenvalue weighted by Gasteiger charge is -2.13. The molecule has 0 radical (unpaired) electrons. The SMILES string of the molecule is NC(c1ccccc1)c1ccc(Br)cc1F. The number of hydrogen-bond donors (Lipinski definition) is 1. The van der Waals surface area contributed by atoms with Crippen LogP contribution in [0.5, 0.6) is 0 Å². The van der Waals surface area contributed by atoms with E-state index in [0.717, 1.165) is 5.56 Å². The first kappa shape index (κ1) is 11.3. The summed E-state index contributed by atoms with van der Waals surface area (Å²) in [5, 5.41) is 0. The summed E-state index contributed by atoms with van der Waals surface area (Å²) in [6.07, 6.45) is 0. The second-order valence-electron chi connectivity index (χ2n) is 3.55. The summed E-state index contributed by atoms with van der Waals surface area (Å²) in [6, 6.07) is 14.0. The molecule has 0 aromatic heterocycles. The number of halogens is 2. The van der Waals surface area contributed by atoms with Gasteiger partial charge in [0.05, 0.1) is 6.04 Å². The molecule has 2 rings (SSSR count). The number of nitrogens with two attached hydrogens (primary N) is 1. The van der Waals surface area contributed by atoms with Crippen molar-refractivity contribution in [2.24, 2.45) is 5.73 Å². The third-order valence-corrected chi connectivity index (χ3v) is 2.95. The van der Waals surface area contributed by atoms with Crippen LogP contribution in [0.3, 0.4) is 0 Å². The molecule has 1 nitrogen and oxygen atoms in total. The van der Waals surface area contributed by atoms with Gasteiger partial charge in [-0.2, -0.15) is 0 Å². The second kappa shape index (κ2) is 4.76. The molecule has 0 heterocycles. The van der Waals surface area contributed by atoms with Crippen LogP contribution in [0.4, 0.5) is 4.39 Å². The summed E-state index contributed by atoms with van der Waals surface area (Å²) in [5.41, 5.74) is 7.43. The number of benzene rings is 2. The lowest BCUT2D eigenvalue weighted by atomic mass is 9.99. The van der Waals surface area contributed by atoms with Crippen molar-refractivity contribution in [3.05, 3.63) is 69.9 Å². The molecule has 0 aliphatic rings. The molecule has 1 unspecified atom stereocenters. The van der Waals surface area contributed by atoms with E-state index in [1.54, 1.807) is 12.1 Å². The fourth-order valence-corrected chi connectivity index (χ4v) is 1.93. The number of hydrogen-bond acceptors (Lipinski definition) is 1. The first-order valence-electron chi connectivity index (χ1n) is 4.94. The Kier molecular flexibility index (Phi) is 3.36. The highest BCUT2D eigenvalue weighted by Gasteiger charge is 2.13. The predicted molar refractivity (Wildman–Crippen MR) is 66.6 cm³/mol. The molecular formula is C13H11BrFN. The standard InChI is InChI=1S/C13H11BrFN/c14-10-6-7-11(12(15)8-10)13(16)9-4-2-1-3-5-9/h1-8,13H,16H2. The van der Waals surface area contributed by atoms with Crippen LogP contribution in [-0.4, -0.2) is 0 Å². The van der Waals surface area contributed by atoms with Crippen molar-refractivity contribution in [1.29, 1.82) is 0 Å².